The molecule has 0 fully saturated rings. The topological polar surface area (TPSA) is 24.9 Å². The van der Waals surface area contributed by atoms with Crippen LogP contribution in [0.4, 0.5) is 11.4 Å². The number of hydrogen-bond acceptors (Lipinski definition) is 2. The smallest absolute Gasteiger partial charge is 0.0726 e. The second kappa shape index (κ2) is 5.45. The summed E-state index contributed by atoms with van der Waals surface area (Å²) in [5.74, 6) is 0.729. The summed E-state index contributed by atoms with van der Waals surface area (Å²) in [6.07, 6.45) is 3.44. The molecule has 0 bridgehead atoms. The third kappa shape index (κ3) is 2.35. The van der Waals surface area contributed by atoms with Crippen molar-refractivity contribution in [2.45, 2.75) is 26.2 Å². The second-order valence-corrected chi connectivity index (χ2v) is 6.27. The lowest BCUT2D eigenvalue weighted by molar-refractivity contribution is 0.496. The van der Waals surface area contributed by atoms with Crippen molar-refractivity contribution >= 4 is 22.3 Å². The summed E-state index contributed by atoms with van der Waals surface area (Å²) in [5.41, 5.74) is 6.16. The van der Waals surface area contributed by atoms with Crippen molar-refractivity contribution in [3.05, 3.63) is 65.9 Å². The van der Waals surface area contributed by atoms with Crippen LogP contribution < -0.4 is 5.32 Å². The summed E-state index contributed by atoms with van der Waals surface area (Å²) >= 11 is 0. The van der Waals surface area contributed by atoms with E-state index < -0.39 is 0 Å². The maximum Gasteiger partial charge on any atom is 0.0726 e. The fourth-order valence-corrected chi connectivity index (χ4v) is 3.37. The Hall–Kier alpha value is -2.35. The molecule has 0 saturated heterocycles. The Morgan fingerprint density at radius 2 is 1.77 bits per heavy atom. The Kier molecular flexibility index (Phi) is 3.30. The number of anilines is 2. The SMILES string of the molecule is CC1CCc2nc3ccccc3c(Nc3ccccc3)c2C1. The molecule has 2 aromatic carbocycles. The van der Waals surface area contributed by atoms with E-state index in [0.717, 1.165) is 30.0 Å². The van der Waals surface area contributed by atoms with Gasteiger partial charge < -0.3 is 5.32 Å². The molecule has 22 heavy (non-hydrogen) atoms. The van der Waals surface area contributed by atoms with Gasteiger partial charge >= 0.3 is 0 Å². The summed E-state index contributed by atoms with van der Waals surface area (Å²) in [4.78, 5) is 4.91. The van der Waals surface area contributed by atoms with Gasteiger partial charge in [-0.3, -0.25) is 4.98 Å². The number of nitrogens with zero attached hydrogens (tertiary/aromatic N) is 1. The van der Waals surface area contributed by atoms with Crippen molar-refractivity contribution < 1.29 is 0 Å². The molecule has 2 heteroatoms. The number of benzene rings is 2. The Balaban J connectivity index is 1.91. The minimum atomic E-state index is 0.729. The standard InChI is InChI=1S/C20H20N2/c1-14-11-12-19-17(13-14)20(21-15-7-3-2-4-8-15)16-9-5-6-10-18(16)22-19/h2-10,14H,11-13H2,1H3,(H,21,22). The number of hydrogen-bond donors (Lipinski definition) is 1. The van der Waals surface area contributed by atoms with E-state index in [4.69, 9.17) is 4.98 Å². The minimum absolute atomic E-state index is 0.729. The lowest BCUT2D eigenvalue weighted by atomic mass is 9.86. The van der Waals surface area contributed by atoms with E-state index in [9.17, 15) is 0 Å². The summed E-state index contributed by atoms with van der Waals surface area (Å²) in [6.45, 7) is 2.34. The average Bonchev–Trinajstić information content (AvgIpc) is 2.56. The van der Waals surface area contributed by atoms with Gasteiger partial charge in [0.15, 0.2) is 0 Å². The minimum Gasteiger partial charge on any atom is -0.355 e. The highest BCUT2D eigenvalue weighted by molar-refractivity contribution is 5.95. The van der Waals surface area contributed by atoms with Gasteiger partial charge in [0, 0.05) is 16.8 Å². The molecule has 110 valence electrons. The van der Waals surface area contributed by atoms with Crippen molar-refractivity contribution in [2.75, 3.05) is 5.32 Å². The molecule has 0 amide bonds. The number of para-hydroxylation sites is 2. The van der Waals surface area contributed by atoms with Gasteiger partial charge in [0.25, 0.3) is 0 Å². The van der Waals surface area contributed by atoms with Crippen molar-refractivity contribution in [2.24, 2.45) is 5.92 Å². The van der Waals surface area contributed by atoms with Crippen LogP contribution in [0.3, 0.4) is 0 Å². The van der Waals surface area contributed by atoms with E-state index >= 15 is 0 Å². The van der Waals surface area contributed by atoms with Crippen LogP contribution in [0.1, 0.15) is 24.6 Å². The quantitative estimate of drug-likeness (QED) is 0.709. The van der Waals surface area contributed by atoms with Crippen molar-refractivity contribution in [1.29, 1.82) is 0 Å². The first kappa shape index (κ1) is 13.3. The fourth-order valence-electron chi connectivity index (χ4n) is 3.37. The van der Waals surface area contributed by atoms with Crippen LogP contribution in [0.5, 0.6) is 0 Å². The van der Waals surface area contributed by atoms with Gasteiger partial charge in [-0.25, -0.2) is 0 Å². The Labute approximate surface area is 131 Å². The normalized spacial score (nSPS) is 17.2. The molecule has 1 heterocycles. The number of nitrogens with one attached hydrogen (secondary N) is 1. The van der Waals surface area contributed by atoms with Gasteiger partial charge in [-0.2, -0.15) is 0 Å². The van der Waals surface area contributed by atoms with Gasteiger partial charge in [0.2, 0.25) is 0 Å². The zero-order valence-corrected chi connectivity index (χ0v) is 12.8. The summed E-state index contributed by atoms with van der Waals surface area (Å²) in [7, 11) is 0. The molecule has 2 nitrogen and oxygen atoms in total. The van der Waals surface area contributed by atoms with Gasteiger partial charge in [-0.1, -0.05) is 43.3 Å². The first-order valence-corrected chi connectivity index (χ1v) is 8.04. The third-order valence-electron chi connectivity index (χ3n) is 4.55. The molecule has 0 radical (unpaired) electrons. The molecule has 1 unspecified atom stereocenters. The molecule has 1 atom stereocenters. The number of pyridine rings is 1. The van der Waals surface area contributed by atoms with Crippen molar-refractivity contribution in [1.82, 2.24) is 4.98 Å². The van der Waals surface area contributed by atoms with Gasteiger partial charge in [0.1, 0.15) is 0 Å². The van der Waals surface area contributed by atoms with Crippen LogP contribution >= 0.6 is 0 Å². The molecule has 0 saturated carbocycles. The van der Waals surface area contributed by atoms with E-state index in [2.05, 4.69) is 60.8 Å². The van der Waals surface area contributed by atoms with Crippen LogP contribution in [-0.2, 0) is 12.8 Å². The van der Waals surface area contributed by atoms with Crippen LogP contribution in [0.25, 0.3) is 10.9 Å². The first-order valence-electron chi connectivity index (χ1n) is 8.04. The molecule has 0 spiro atoms. The van der Waals surface area contributed by atoms with E-state index in [1.165, 1.54) is 28.8 Å². The Bertz CT molecular complexity index is 809. The van der Waals surface area contributed by atoms with Gasteiger partial charge in [0.05, 0.1) is 11.2 Å². The summed E-state index contributed by atoms with van der Waals surface area (Å²) in [6, 6.07) is 18.9. The highest BCUT2D eigenvalue weighted by Gasteiger charge is 2.21. The van der Waals surface area contributed by atoms with Crippen LogP contribution in [0.2, 0.25) is 0 Å². The second-order valence-electron chi connectivity index (χ2n) is 6.27. The van der Waals surface area contributed by atoms with E-state index in [1.807, 2.05) is 6.07 Å². The summed E-state index contributed by atoms with van der Waals surface area (Å²) < 4.78 is 0. The van der Waals surface area contributed by atoms with Crippen LogP contribution in [0, 0.1) is 5.92 Å². The van der Waals surface area contributed by atoms with E-state index in [1.54, 1.807) is 0 Å². The molecule has 0 aliphatic heterocycles. The highest BCUT2D eigenvalue weighted by atomic mass is 14.9. The fraction of sp³-hybridized carbons (Fsp3) is 0.250. The largest absolute Gasteiger partial charge is 0.355 e. The average molecular weight is 288 g/mol. The monoisotopic (exact) mass is 288 g/mol. The molecular weight excluding hydrogens is 268 g/mol. The van der Waals surface area contributed by atoms with Gasteiger partial charge in [-0.05, 0) is 48.9 Å². The Morgan fingerprint density at radius 3 is 2.64 bits per heavy atom. The Morgan fingerprint density at radius 1 is 1.00 bits per heavy atom. The predicted molar refractivity (Wildman–Crippen MR) is 92.7 cm³/mol. The van der Waals surface area contributed by atoms with Crippen LogP contribution in [0.15, 0.2) is 54.6 Å². The number of rotatable bonds is 2. The van der Waals surface area contributed by atoms with Crippen molar-refractivity contribution in [3.8, 4) is 0 Å². The van der Waals surface area contributed by atoms with Crippen molar-refractivity contribution in [3.63, 3.8) is 0 Å². The molecule has 1 aromatic heterocycles. The predicted octanol–water partition coefficient (Wildman–Crippen LogP) is 5.10. The number of fused-ring (bicyclic) bond motifs is 2. The van der Waals surface area contributed by atoms with Gasteiger partial charge in [-0.15, -0.1) is 0 Å². The molecule has 4 rings (SSSR count). The van der Waals surface area contributed by atoms with E-state index in [-0.39, 0.29) is 0 Å². The number of aryl methyl sites for hydroxylation is 1. The first-order chi connectivity index (χ1) is 10.8. The summed E-state index contributed by atoms with van der Waals surface area (Å²) in [5, 5.41) is 4.88. The zero-order valence-electron chi connectivity index (χ0n) is 12.8. The maximum absolute atomic E-state index is 4.91. The molecule has 1 aliphatic rings. The molecule has 3 aromatic rings. The molecular formula is C20H20N2. The molecule has 1 N–H and O–H groups in total. The highest BCUT2D eigenvalue weighted by Crippen LogP contribution is 2.36. The zero-order chi connectivity index (χ0) is 14.9. The number of aromatic nitrogens is 1. The van der Waals surface area contributed by atoms with E-state index in [0.29, 0.717) is 0 Å². The van der Waals surface area contributed by atoms with Crippen LogP contribution in [-0.4, -0.2) is 4.98 Å². The maximum atomic E-state index is 4.91. The third-order valence-corrected chi connectivity index (χ3v) is 4.55. The molecule has 1 aliphatic carbocycles. The lowest BCUT2D eigenvalue weighted by Crippen LogP contribution is -2.15. The lowest BCUT2D eigenvalue weighted by Gasteiger charge is -2.25.